The van der Waals surface area contributed by atoms with E-state index < -0.39 is 16.0 Å². The number of carboxylic acids is 1. The molecule has 0 aliphatic heterocycles. The van der Waals surface area contributed by atoms with Crippen molar-refractivity contribution in [2.45, 2.75) is 37.1 Å². The molecule has 7 heteroatoms. The van der Waals surface area contributed by atoms with Gasteiger partial charge >= 0.3 is 5.97 Å². The average molecular weight is 313 g/mol. The van der Waals surface area contributed by atoms with Crippen molar-refractivity contribution in [3.8, 4) is 5.75 Å². The molecule has 116 valence electrons. The van der Waals surface area contributed by atoms with Crippen LogP contribution in [0.25, 0.3) is 0 Å². The van der Waals surface area contributed by atoms with Crippen LogP contribution in [0.3, 0.4) is 0 Å². The van der Waals surface area contributed by atoms with E-state index >= 15 is 0 Å². The molecule has 1 aromatic rings. The maximum Gasteiger partial charge on any atom is 0.304 e. The molecule has 0 radical (unpaired) electrons. The van der Waals surface area contributed by atoms with E-state index in [0.717, 1.165) is 12.8 Å². The van der Waals surface area contributed by atoms with Crippen molar-refractivity contribution in [3.63, 3.8) is 0 Å². The number of sulfonamides is 1. The minimum absolute atomic E-state index is 0.00947. The molecule has 21 heavy (non-hydrogen) atoms. The Morgan fingerprint density at radius 1 is 1.33 bits per heavy atom. The Morgan fingerprint density at radius 3 is 2.43 bits per heavy atom. The van der Waals surface area contributed by atoms with Crippen LogP contribution < -0.4 is 4.74 Å². The van der Waals surface area contributed by atoms with Gasteiger partial charge in [-0.15, -0.1) is 0 Å². The third-order valence-corrected chi connectivity index (χ3v) is 5.21. The van der Waals surface area contributed by atoms with Crippen molar-refractivity contribution in [2.75, 3.05) is 13.2 Å². The Morgan fingerprint density at radius 2 is 1.95 bits per heavy atom. The number of hydrogen-bond acceptors (Lipinski definition) is 4. The van der Waals surface area contributed by atoms with E-state index in [1.807, 2.05) is 6.92 Å². The molecule has 1 fully saturated rings. The highest BCUT2D eigenvalue weighted by atomic mass is 32.2. The molecule has 6 nitrogen and oxygen atoms in total. The van der Waals surface area contributed by atoms with E-state index in [0.29, 0.717) is 12.4 Å². The summed E-state index contributed by atoms with van der Waals surface area (Å²) in [6, 6.07) is 6.14. The highest BCUT2D eigenvalue weighted by Crippen LogP contribution is 2.32. The van der Waals surface area contributed by atoms with E-state index in [-0.39, 0.29) is 23.9 Å². The summed E-state index contributed by atoms with van der Waals surface area (Å²) in [4.78, 5) is 10.9. The third kappa shape index (κ3) is 3.95. The average Bonchev–Trinajstić information content (AvgIpc) is 3.24. The van der Waals surface area contributed by atoms with E-state index in [1.165, 1.54) is 16.4 Å². The lowest BCUT2D eigenvalue weighted by atomic mass is 10.3. The fraction of sp³-hybridized carbons (Fsp3) is 0.500. The van der Waals surface area contributed by atoms with Crippen molar-refractivity contribution in [3.05, 3.63) is 24.3 Å². The topological polar surface area (TPSA) is 83.9 Å². The predicted molar refractivity (Wildman–Crippen MR) is 76.8 cm³/mol. The quantitative estimate of drug-likeness (QED) is 0.790. The van der Waals surface area contributed by atoms with Crippen LogP contribution in [-0.2, 0) is 14.8 Å². The van der Waals surface area contributed by atoms with Gasteiger partial charge in [-0.25, -0.2) is 8.42 Å². The summed E-state index contributed by atoms with van der Waals surface area (Å²) in [5.41, 5.74) is 0. The Hall–Kier alpha value is -1.60. The Bertz CT molecular complexity index is 592. The molecule has 0 saturated heterocycles. The largest absolute Gasteiger partial charge is 0.494 e. The van der Waals surface area contributed by atoms with Crippen LogP contribution in [0.5, 0.6) is 5.75 Å². The van der Waals surface area contributed by atoms with Gasteiger partial charge in [-0.2, -0.15) is 4.31 Å². The third-order valence-electron chi connectivity index (χ3n) is 3.24. The van der Waals surface area contributed by atoms with Crippen LogP contribution in [0.15, 0.2) is 29.2 Å². The summed E-state index contributed by atoms with van der Waals surface area (Å²) >= 11 is 0. The van der Waals surface area contributed by atoms with Gasteiger partial charge in [-0.05, 0) is 44.0 Å². The van der Waals surface area contributed by atoms with Crippen LogP contribution >= 0.6 is 0 Å². The lowest BCUT2D eigenvalue weighted by Gasteiger charge is -2.21. The summed E-state index contributed by atoms with van der Waals surface area (Å²) in [5, 5.41) is 8.76. The highest BCUT2D eigenvalue weighted by molar-refractivity contribution is 7.89. The molecular formula is C14H19NO5S. The van der Waals surface area contributed by atoms with Crippen LogP contribution in [0, 0.1) is 0 Å². The Balaban J connectivity index is 2.19. The zero-order valence-electron chi connectivity index (χ0n) is 11.9. The zero-order valence-corrected chi connectivity index (χ0v) is 12.7. The number of aliphatic carboxylic acids is 1. The molecule has 1 aliphatic rings. The maximum absolute atomic E-state index is 12.6. The number of hydrogen-bond donors (Lipinski definition) is 1. The number of carboxylic acid groups (broad SMARTS) is 1. The van der Waals surface area contributed by atoms with Crippen molar-refractivity contribution in [1.82, 2.24) is 4.31 Å². The first-order valence-electron chi connectivity index (χ1n) is 6.91. The Kier molecular flexibility index (Phi) is 4.84. The Labute approximate surface area is 124 Å². The first-order chi connectivity index (χ1) is 9.95. The molecule has 1 aromatic carbocycles. The van der Waals surface area contributed by atoms with Gasteiger partial charge < -0.3 is 9.84 Å². The standard InChI is InChI=1S/C14H19NO5S/c1-2-20-12-5-7-13(8-6-12)21(18,19)15(11-3-4-11)10-9-14(16)17/h5-8,11H,2-4,9-10H2,1H3,(H,16,17). The van der Waals surface area contributed by atoms with Gasteiger partial charge in [0.2, 0.25) is 10.0 Å². The first-order valence-corrected chi connectivity index (χ1v) is 8.35. The van der Waals surface area contributed by atoms with Crippen molar-refractivity contribution in [1.29, 1.82) is 0 Å². The molecule has 0 unspecified atom stereocenters. The van der Waals surface area contributed by atoms with Gasteiger partial charge in [0.1, 0.15) is 5.75 Å². The van der Waals surface area contributed by atoms with Crippen LogP contribution in [0.1, 0.15) is 26.2 Å². The van der Waals surface area contributed by atoms with E-state index in [1.54, 1.807) is 12.1 Å². The lowest BCUT2D eigenvalue weighted by Crippen LogP contribution is -2.35. The van der Waals surface area contributed by atoms with Gasteiger partial charge in [0, 0.05) is 12.6 Å². The summed E-state index contributed by atoms with van der Waals surface area (Å²) in [6.07, 6.45) is 1.39. The van der Waals surface area contributed by atoms with E-state index in [9.17, 15) is 13.2 Å². The molecule has 0 spiro atoms. The van der Waals surface area contributed by atoms with Crippen LogP contribution in [-0.4, -0.2) is 43.0 Å². The molecule has 1 aliphatic carbocycles. The summed E-state index contributed by atoms with van der Waals surface area (Å²) < 4.78 is 31.8. The molecule has 2 rings (SSSR count). The molecule has 0 aromatic heterocycles. The highest BCUT2D eigenvalue weighted by Gasteiger charge is 2.38. The number of carbonyl (C=O) groups is 1. The number of benzene rings is 1. The van der Waals surface area contributed by atoms with E-state index in [2.05, 4.69) is 0 Å². The molecule has 0 amide bonds. The lowest BCUT2D eigenvalue weighted by molar-refractivity contribution is -0.137. The van der Waals surface area contributed by atoms with Gasteiger partial charge in [0.25, 0.3) is 0 Å². The minimum atomic E-state index is -3.65. The summed E-state index contributed by atoms with van der Waals surface area (Å²) in [5.74, 6) is -0.387. The second kappa shape index (κ2) is 6.44. The molecular weight excluding hydrogens is 294 g/mol. The number of nitrogens with zero attached hydrogens (tertiary/aromatic N) is 1. The second-order valence-corrected chi connectivity index (χ2v) is 6.79. The van der Waals surface area contributed by atoms with Gasteiger partial charge in [-0.1, -0.05) is 0 Å². The van der Waals surface area contributed by atoms with Crippen molar-refractivity contribution >= 4 is 16.0 Å². The molecule has 1 N–H and O–H groups in total. The zero-order chi connectivity index (χ0) is 15.5. The molecule has 0 bridgehead atoms. The smallest absolute Gasteiger partial charge is 0.304 e. The SMILES string of the molecule is CCOc1ccc(S(=O)(=O)N(CCC(=O)O)C2CC2)cc1. The van der Waals surface area contributed by atoms with Crippen LogP contribution in [0.4, 0.5) is 0 Å². The summed E-state index contributed by atoms with van der Waals surface area (Å²) in [7, 11) is -3.65. The van der Waals surface area contributed by atoms with Gasteiger partial charge in [0.15, 0.2) is 0 Å². The van der Waals surface area contributed by atoms with Crippen molar-refractivity contribution < 1.29 is 23.1 Å². The second-order valence-electron chi connectivity index (χ2n) is 4.90. The fourth-order valence-electron chi connectivity index (χ4n) is 2.08. The fourth-order valence-corrected chi connectivity index (χ4v) is 3.76. The number of ether oxygens (including phenoxy) is 1. The molecule has 1 saturated carbocycles. The number of rotatable bonds is 8. The monoisotopic (exact) mass is 313 g/mol. The van der Waals surface area contributed by atoms with Gasteiger partial charge in [0.05, 0.1) is 17.9 Å². The van der Waals surface area contributed by atoms with Crippen LogP contribution in [0.2, 0.25) is 0 Å². The van der Waals surface area contributed by atoms with Gasteiger partial charge in [-0.3, -0.25) is 4.79 Å². The normalized spacial score (nSPS) is 15.1. The minimum Gasteiger partial charge on any atom is -0.494 e. The predicted octanol–water partition coefficient (Wildman–Crippen LogP) is 1.71. The summed E-state index contributed by atoms with van der Waals surface area (Å²) in [6.45, 7) is 2.37. The van der Waals surface area contributed by atoms with Crippen molar-refractivity contribution in [2.24, 2.45) is 0 Å². The van der Waals surface area contributed by atoms with E-state index in [4.69, 9.17) is 9.84 Å². The molecule has 0 atom stereocenters. The molecule has 0 heterocycles. The first kappa shape index (κ1) is 15.8. The maximum atomic E-state index is 12.6.